The van der Waals surface area contributed by atoms with Crippen LogP contribution in [0, 0.1) is 12.8 Å². The van der Waals surface area contributed by atoms with Crippen molar-refractivity contribution in [2.24, 2.45) is 5.92 Å². The Morgan fingerprint density at radius 2 is 2.11 bits per heavy atom. The Hall–Kier alpha value is -0.860. The van der Waals surface area contributed by atoms with Gasteiger partial charge in [-0.1, -0.05) is 38.1 Å². The fourth-order valence-corrected chi connectivity index (χ4v) is 2.64. The van der Waals surface area contributed by atoms with Gasteiger partial charge in [0.05, 0.1) is 0 Å². The van der Waals surface area contributed by atoms with E-state index < -0.39 is 0 Å². The van der Waals surface area contributed by atoms with Crippen molar-refractivity contribution in [1.82, 2.24) is 10.2 Å². The second-order valence-corrected chi connectivity index (χ2v) is 5.82. The molecule has 0 aliphatic carbocycles. The van der Waals surface area contributed by atoms with E-state index in [0.717, 1.165) is 13.1 Å². The standard InChI is InChI=1S/C16H26N2/c1-13(2)16-12-18(10-6-9-17-16)11-15-8-5-4-7-14(15)3/h4-5,7-8,13,16-17H,6,9-12H2,1-3H3. The first-order valence-corrected chi connectivity index (χ1v) is 7.17. The number of benzene rings is 1. The van der Waals surface area contributed by atoms with Gasteiger partial charge >= 0.3 is 0 Å². The summed E-state index contributed by atoms with van der Waals surface area (Å²) in [4.78, 5) is 2.60. The van der Waals surface area contributed by atoms with Crippen molar-refractivity contribution in [3.05, 3.63) is 35.4 Å². The maximum absolute atomic E-state index is 3.67. The topological polar surface area (TPSA) is 15.3 Å². The van der Waals surface area contributed by atoms with Gasteiger partial charge in [0.25, 0.3) is 0 Å². The molecule has 1 aliphatic heterocycles. The molecule has 1 aromatic rings. The summed E-state index contributed by atoms with van der Waals surface area (Å²) in [5.41, 5.74) is 2.89. The normalized spacial score (nSPS) is 22.1. The van der Waals surface area contributed by atoms with E-state index in [-0.39, 0.29) is 0 Å². The third-order valence-corrected chi connectivity index (χ3v) is 3.97. The number of rotatable bonds is 3. The third kappa shape index (κ3) is 3.56. The van der Waals surface area contributed by atoms with Crippen LogP contribution >= 0.6 is 0 Å². The summed E-state index contributed by atoms with van der Waals surface area (Å²) in [6.45, 7) is 11.5. The molecule has 0 amide bonds. The number of nitrogens with zero attached hydrogens (tertiary/aromatic N) is 1. The average molecular weight is 246 g/mol. The van der Waals surface area contributed by atoms with E-state index in [1.54, 1.807) is 0 Å². The molecule has 1 unspecified atom stereocenters. The van der Waals surface area contributed by atoms with Crippen LogP contribution in [0.2, 0.25) is 0 Å². The Bertz CT molecular complexity index is 373. The number of nitrogens with one attached hydrogen (secondary N) is 1. The summed E-state index contributed by atoms with van der Waals surface area (Å²) < 4.78 is 0. The molecule has 2 nitrogen and oxygen atoms in total. The Kier molecular flexibility index (Phi) is 4.79. The number of aryl methyl sites for hydroxylation is 1. The van der Waals surface area contributed by atoms with E-state index >= 15 is 0 Å². The molecule has 1 fully saturated rings. The zero-order valence-corrected chi connectivity index (χ0v) is 11.9. The van der Waals surface area contributed by atoms with Crippen molar-refractivity contribution in [1.29, 1.82) is 0 Å². The molecule has 1 heterocycles. The van der Waals surface area contributed by atoms with E-state index in [1.165, 1.54) is 30.6 Å². The lowest BCUT2D eigenvalue weighted by Gasteiger charge is -2.27. The molecule has 0 aromatic heterocycles. The lowest BCUT2D eigenvalue weighted by atomic mass is 10.0. The fourth-order valence-electron chi connectivity index (χ4n) is 2.64. The van der Waals surface area contributed by atoms with Crippen LogP contribution in [0.25, 0.3) is 0 Å². The largest absolute Gasteiger partial charge is 0.312 e. The first-order valence-electron chi connectivity index (χ1n) is 7.17. The van der Waals surface area contributed by atoms with Crippen LogP contribution in [-0.2, 0) is 6.54 Å². The van der Waals surface area contributed by atoms with E-state index in [4.69, 9.17) is 0 Å². The minimum Gasteiger partial charge on any atom is -0.312 e. The van der Waals surface area contributed by atoms with Crippen LogP contribution in [0.15, 0.2) is 24.3 Å². The first-order chi connectivity index (χ1) is 8.66. The average Bonchev–Trinajstić information content (AvgIpc) is 2.58. The molecule has 1 atom stereocenters. The highest BCUT2D eigenvalue weighted by Crippen LogP contribution is 2.14. The van der Waals surface area contributed by atoms with Gasteiger partial charge in [0, 0.05) is 19.1 Å². The molecule has 100 valence electrons. The Labute approximate surface area is 111 Å². The minimum absolute atomic E-state index is 0.636. The van der Waals surface area contributed by atoms with Crippen molar-refractivity contribution in [3.8, 4) is 0 Å². The highest BCUT2D eigenvalue weighted by Gasteiger charge is 2.20. The van der Waals surface area contributed by atoms with E-state index in [9.17, 15) is 0 Å². The zero-order valence-electron chi connectivity index (χ0n) is 11.9. The van der Waals surface area contributed by atoms with Crippen LogP contribution in [0.4, 0.5) is 0 Å². The summed E-state index contributed by atoms with van der Waals surface area (Å²) in [5.74, 6) is 0.711. The molecule has 0 saturated carbocycles. The van der Waals surface area contributed by atoms with Gasteiger partial charge in [-0.15, -0.1) is 0 Å². The predicted octanol–water partition coefficient (Wildman–Crippen LogP) is 2.81. The summed E-state index contributed by atoms with van der Waals surface area (Å²) in [6, 6.07) is 9.39. The number of hydrogen-bond acceptors (Lipinski definition) is 2. The molecule has 1 saturated heterocycles. The maximum Gasteiger partial charge on any atom is 0.0237 e. The van der Waals surface area contributed by atoms with Crippen LogP contribution in [-0.4, -0.2) is 30.6 Å². The fraction of sp³-hybridized carbons (Fsp3) is 0.625. The van der Waals surface area contributed by atoms with Crippen molar-refractivity contribution >= 4 is 0 Å². The van der Waals surface area contributed by atoms with Crippen molar-refractivity contribution < 1.29 is 0 Å². The summed E-state index contributed by atoms with van der Waals surface area (Å²) in [7, 11) is 0. The van der Waals surface area contributed by atoms with E-state index in [1.807, 2.05) is 0 Å². The quantitative estimate of drug-likeness (QED) is 0.882. The highest BCUT2D eigenvalue weighted by molar-refractivity contribution is 5.25. The lowest BCUT2D eigenvalue weighted by Crippen LogP contribution is -2.41. The van der Waals surface area contributed by atoms with Gasteiger partial charge in [-0.3, -0.25) is 4.90 Å². The van der Waals surface area contributed by atoms with Gasteiger partial charge in [-0.25, -0.2) is 0 Å². The lowest BCUT2D eigenvalue weighted by molar-refractivity contribution is 0.238. The molecule has 0 radical (unpaired) electrons. The molecule has 1 N–H and O–H groups in total. The first kappa shape index (κ1) is 13.6. The molecule has 0 bridgehead atoms. The highest BCUT2D eigenvalue weighted by atomic mass is 15.2. The van der Waals surface area contributed by atoms with Crippen LogP contribution in [0.1, 0.15) is 31.4 Å². The van der Waals surface area contributed by atoms with Crippen LogP contribution < -0.4 is 5.32 Å². The third-order valence-electron chi connectivity index (χ3n) is 3.97. The molecule has 2 heteroatoms. The molecular weight excluding hydrogens is 220 g/mol. The van der Waals surface area contributed by atoms with Gasteiger partial charge < -0.3 is 5.32 Å². The van der Waals surface area contributed by atoms with Gasteiger partial charge in [0.15, 0.2) is 0 Å². The molecule has 18 heavy (non-hydrogen) atoms. The Balaban J connectivity index is 2.01. The predicted molar refractivity (Wildman–Crippen MR) is 77.7 cm³/mol. The van der Waals surface area contributed by atoms with Gasteiger partial charge in [-0.2, -0.15) is 0 Å². The SMILES string of the molecule is Cc1ccccc1CN1CCCNC(C(C)C)C1. The minimum atomic E-state index is 0.636. The molecular formula is C16H26N2. The second kappa shape index (κ2) is 6.35. The van der Waals surface area contributed by atoms with Crippen molar-refractivity contribution in [2.45, 2.75) is 39.8 Å². The molecule has 1 aliphatic rings. The summed E-state index contributed by atoms with van der Waals surface area (Å²) >= 11 is 0. The van der Waals surface area contributed by atoms with Gasteiger partial charge in [0.1, 0.15) is 0 Å². The number of hydrogen-bond donors (Lipinski definition) is 1. The smallest absolute Gasteiger partial charge is 0.0237 e. The van der Waals surface area contributed by atoms with E-state index in [0.29, 0.717) is 12.0 Å². The maximum atomic E-state index is 3.67. The van der Waals surface area contributed by atoms with Crippen LogP contribution in [0.5, 0.6) is 0 Å². The molecule has 2 rings (SSSR count). The monoisotopic (exact) mass is 246 g/mol. The summed E-state index contributed by atoms with van der Waals surface area (Å²) in [6.07, 6.45) is 1.26. The Morgan fingerprint density at radius 1 is 1.33 bits per heavy atom. The summed E-state index contributed by atoms with van der Waals surface area (Å²) in [5, 5.41) is 3.67. The second-order valence-electron chi connectivity index (χ2n) is 5.82. The van der Waals surface area contributed by atoms with Crippen molar-refractivity contribution in [2.75, 3.05) is 19.6 Å². The Morgan fingerprint density at radius 3 is 2.83 bits per heavy atom. The van der Waals surface area contributed by atoms with Gasteiger partial charge in [0.2, 0.25) is 0 Å². The van der Waals surface area contributed by atoms with E-state index in [2.05, 4.69) is 55.3 Å². The molecule has 1 aromatic carbocycles. The molecule has 0 spiro atoms. The van der Waals surface area contributed by atoms with Gasteiger partial charge in [-0.05, 0) is 43.5 Å². The van der Waals surface area contributed by atoms with Crippen molar-refractivity contribution in [3.63, 3.8) is 0 Å². The van der Waals surface area contributed by atoms with Crippen LogP contribution in [0.3, 0.4) is 0 Å². The zero-order chi connectivity index (χ0) is 13.0.